The molecule has 6 nitrogen and oxygen atoms in total. The summed E-state index contributed by atoms with van der Waals surface area (Å²) < 4.78 is 0.668. The zero-order valence-corrected chi connectivity index (χ0v) is 12.0. The highest BCUT2D eigenvalue weighted by Crippen LogP contribution is 2.19. The van der Waals surface area contributed by atoms with Crippen LogP contribution in [0.2, 0.25) is 0 Å². The van der Waals surface area contributed by atoms with Gasteiger partial charge >= 0.3 is 0 Å². The highest BCUT2D eigenvalue weighted by atomic mass is 79.9. The van der Waals surface area contributed by atoms with Gasteiger partial charge in [-0.1, -0.05) is 0 Å². The number of nitro groups is 1. The normalized spacial score (nSPS) is 10.1. The number of pyridine rings is 1. The van der Waals surface area contributed by atoms with Crippen LogP contribution >= 0.6 is 15.9 Å². The second-order valence-corrected chi connectivity index (χ2v) is 4.89. The zero-order valence-electron chi connectivity index (χ0n) is 10.5. The van der Waals surface area contributed by atoms with Crippen molar-refractivity contribution in [3.63, 3.8) is 0 Å². The second kappa shape index (κ2) is 5.79. The van der Waals surface area contributed by atoms with E-state index < -0.39 is 4.92 Å². The number of aryl methyl sites for hydroxylation is 1. The van der Waals surface area contributed by atoms with Crippen molar-refractivity contribution in [2.75, 3.05) is 5.32 Å². The van der Waals surface area contributed by atoms with E-state index in [9.17, 15) is 14.9 Å². The highest BCUT2D eigenvalue weighted by Gasteiger charge is 2.13. The maximum absolute atomic E-state index is 12.0. The van der Waals surface area contributed by atoms with Gasteiger partial charge in [-0.3, -0.25) is 14.9 Å². The third-order valence-electron chi connectivity index (χ3n) is 2.64. The van der Waals surface area contributed by atoms with E-state index in [1.54, 1.807) is 19.1 Å². The molecule has 0 saturated heterocycles. The molecule has 1 amide bonds. The first-order valence-corrected chi connectivity index (χ1v) is 6.44. The Balaban J connectivity index is 2.19. The van der Waals surface area contributed by atoms with E-state index in [2.05, 4.69) is 26.2 Å². The summed E-state index contributed by atoms with van der Waals surface area (Å²) in [5, 5.41) is 13.4. The Hall–Kier alpha value is -2.28. The Morgan fingerprint density at radius 1 is 1.35 bits per heavy atom. The first-order chi connectivity index (χ1) is 9.47. The van der Waals surface area contributed by atoms with Gasteiger partial charge in [0.05, 0.1) is 16.8 Å². The molecule has 0 fully saturated rings. The quantitative estimate of drug-likeness (QED) is 0.529. The van der Waals surface area contributed by atoms with Gasteiger partial charge in [0.15, 0.2) is 0 Å². The van der Waals surface area contributed by atoms with Gasteiger partial charge in [0.2, 0.25) is 0 Å². The number of carbonyl (C=O) groups is 1. The number of benzene rings is 1. The molecule has 0 spiro atoms. The maximum atomic E-state index is 12.0. The Kier molecular flexibility index (Phi) is 4.09. The number of carbonyl (C=O) groups excluding carboxylic acids is 1. The van der Waals surface area contributed by atoms with Crippen molar-refractivity contribution in [2.24, 2.45) is 0 Å². The molecule has 0 unspecified atom stereocenters. The van der Waals surface area contributed by atoms with Crippen molar-refractivity contribution in [2.45, 2.75) is 6.92 Å². The predicted octanol–water partition coefficient (Wildman–Crippen LogP) is 3.31. The van der Waals surface area contributed by atoms with Gasteiger partial charge in [-0.2, -0.15) is 0 Å². The summed E-state index contributed by atoms with van der Waals surface area (Å²) in [6.07, 6.45) is 1.51. The largest absolute Gasteiger partial charge is 0.321 e. The zero-order chi connectivity index (χ0) is 14.7. The van der Waals surface area contributed by atoms with Crippen molar-refractivity contribution in [3.05, 3.63) is 62.4 Å². The molecular formula is C13H10BrN3O3. The van der Waals surface area contributed by atoms with Gasteiger partial charge in [0.1, 0.15) is 4.60 Å². The summed E-state index contributed by atoms with van der Waals surface area (Å²) in [4.78, 5) is 26.2. The van der Waals surface area contributed by atoms with Crippen LogP contribution in [0.1, 0.15) is 15.9 Å². The molecule has 0 saturated carbocycles. The smallest absolute Gasteiger partial charge is 0.272 e. The molecular weight excluding hydrogens is 326 g/mol. The Morgan fingerprint density at radius 3 is 2.65 bits per heavy atom. The van der Waals surface area contributed by atoms with Gasteiger partial charge < -0.3 is 5.32 Å². The highest BCUT2D eigenvalue weighted by molar-refractivity contribution is 9.10. The number of rotatable bonds is 3. The second-order valence-electron chi connectivity index (χ2n) is 4.08. The number of nitrogens with zero attached hydrogens (tertiary/aromatic N) is 2. The van der Waals surface area contributed by atoms with E-state index >= 15 is 0 Å². The van der Waals surface area contributed by atoms with Crippen LogP contribution in [0.4, 0.5) is 11.4 Å². The average molecular weight is 336 g/mol. The number of nitrogens with one attached hydrogen (secondary N) is 1. The van der Waals surface area contributed by atoms with Crippen LogP contribution in [0.5, 0.6) is 0 Å². The van der Waals surface area contributed by atoms with Gasteiger partial charge in [0, 0.05) is 17.2 Å². The fourth-order valence-corrected chi connectivity index (χ4v) is 1.89. The minimum Gasteiger partial charge on any atom is -0.321 e. The van der Waals surface area contributed by atoms with Crippen LogP contribution in [0.3, 0.4) is 0 Å². The summed E-state index contributed by atoms with van der Waals surface area (Å²) in [5.41, 5.74) is 1.34. The fraction of sp³-hybridized carbons (Fsp3) is 0.0769. The predicted molar refractivity (Wildman–Crippen MR) is 77.7 cm³/mol. The lowest BCUT2D eigenvalue weighted by Gasteiger charge is -2.06. The summed E-state index contributed by atoms with van der Waals surface area (Å²) in [5.74, 6) is -0.341. The molecule has 0 aliphatic carbocycles. The Labute approximate surface area is 123 Å². The lowest BCUT2D eigenvalue weighted by Crippen LogP contribution is -2.12. The molecule has 0 radical (unpaired) electrons. The van der Waals surface area contributed by atoms with Gasteiger partial charge in [0.25, 0.3) is 11.6 Å². The van der Waals surface area contributed by atoms with E-state index in [-0.39, 0.29) is 11.6 Å². The van der Waals surface area contributed by atoms with Crippen molar-refractivity contribution in [1.82, 2.24) is 4.98 Å². The monoisotopic (exact) mass is 335 g/mol. The third-order valence-corrected chi connectivity index (χ3v) is 3.11. The number of aromatic nitrogens is 1. The van der Waals surface area contributed by atoms with Crippen molar-refractivity contribution in [1.29, 1.82) is 0 Å². The van der Waals surface area contributed by atoms with E-state index in [1.807, 2.05) is 0 Å². The van der Waals surface area contributed by atoms with Gasteiger partial charge in [-0.05, 0) is 47.1 Å². The molecule has 2 aromatic rings. The van der Waals surface area contributed by atoms with Crippen molar-refractivity contribution < 1.29 is 9.72 Å². The third kappa shape index (κ3) is 3.18. The number of hydrogen-bond acceptors (Lipinski definition) is 4. The number of hydrogen-bond donors (Lipinski definition) is 1. The fourth-order valence-electron chi connectivity index (χ4n) is 1.65. The SMILES string of the molecule is Cc1cc(C(=O)Nc2ccc(Br)nc2)ccc1[N+](=O)[O-]. The Bertz CT molecular complexity index is 671. The minimum absolute atomic E-state index is 0.00754. The maximum Gasteiger partial charge on any atom is 0.272 e. The van der Waals surface area contributed by atoms with E-state index in [4.69, 9.17) is 0 Å². The number of amides is 1. The molecule has 0 bridgehead atoms. The van der Waals surface area contributed by atoms with Crippen LogP contribution in [0.25, 0.3) is 0 Å². The van der Waals surface area contributed by atoms with E-state index in [0.29, 0.717) is 21.4 Å². The summed E-state index contributed by atoms with van der Waals surface area (Å²) in [7, 11) is 0. The molecule has 1 aromatic heterocycles. The molecule has 20 heavy (non-hydrogen) atoms. The average Bonchev–Trinajstić information content (AvgIpc) is 2.40. The summed E-state index contributed by atoms with van der Waals surface area (Å²) in [6, 6.07) is 7.64. The number of halogens is 1. The molecule has 2 rings (SSSR count). The number of nitro benzene ring substituents is 1. The molecule has 1 heterocycles. The standard InChI is InChI=1S/C13H10BrN3O3/c1-8-6-9(2-4-11(8)17(19)20)13(18)16-10-3-5-12(14)15-7-10/h2-7H,1H3,(H,16,18). The summed E-state index contributed by atoms with van der Waals surface area (Å²) in [6.45, 7) is 1.59. The molecule has 7 heteroatoms. The Morgan fingerprint density at radius 2 is 2.10 bits per heavy atom. The molecule has 102 valence electrons. The molecule has 0 aliphatic heterocycles. The van der Waals surface area contributed by atoms with E-state index in [1.165, 1.54) is 24.4 Å². The van der Waals surface area contributed by atoms with Crippen LogP contribution in [-0.2, 0) is 0 Å². The van der Waals surface area contributed by atoms with Gasteiger partial charge in [-0.15, -0.1) is 0 Å². The molecule has 1 N–H and O–H groups in total. The van der Waals surface area contributed by atoms with Crippen LogP contribution < -0.4 is 5.32 Å². The lowest BCUT2D eigenvalue weighted by atomic mass is 10.1. The summed E-state index contributed by atoms with van der Waals surface area (Å²) >= 11 is 3.20. The minimum atomic E-state index is -0.477. The van der Waals surface area contributed by atoms with Crippen LogP contribution in [0.15, 0.2) is 41.1 Å². The first kappa shape index (κ1) is 14.1. The molecule has 0 atom stereocenters. The number of anilines is 1. The lowest BCUT2D eigenvalue weighted by molar-refractivity contribution is -0.385. The molecule has 1 aromatic carbocycles. The van der Waals surface area contributed by atoms with E-state index in [0.717, 1.165) is 0 Å². The first-order valence-electron chi connectivity index (χ1n) is 5.65. The van der Waals surface area contributed by atoms with Crippen LogP contribution in [-0.4, -0.2) is 15.8 Å². The van der Waals surface area contributed by atoms with Crippen LogP contribution in [0, 0.1) is 17.0 Å². The van der Waals surface area contributed by atoms with Crippen molar-refractivity contribution in [3.8, 4) is 0 Å². The molecule has 0 aliphatic rings. The van der Waals surface area contributed by atoms with Gasteiger partial charge in [-0.25, -0.2) is 4.98 Å². The van der Waals surface area contributed by atoms with Crippen molar-refractivity contribution >= 4 is 33.2 Å². The topological polar surface area (TPSA) is 85.1 Å².